The summed E-state index contributed by atoms with van der Waals surface area (Å²) in [6.07, 6.45) is 4.91. The van der Waals surface area contributed by atoms with Gasteiger partial charge >= 0.3 is 0 Å². The highest BCUT2D eigenvalue weighted by atomic mass is 16.2. The maximum atomic E-state index is 13.5. The Morgan fingerprint density at radius 1 is 1.00 bits per heavy atom. The molecule has 1 fully saturated rings. The van der Waals surface area contributed by atoms with Crippen molar-refractivity contribution in [2.24, 2.45) is 4.99 Å². The van der Waals surface area contributed by atoms with E-state index in [2.05, 4.69) is 5.32 Å². The summed E-state index contributed by atoms with van der Waals surface area (Å²) in [5.74, 6) is -0.253. The van der Waals surface area contributed by atoms with Gasteiger partial charge in [0.15, 0.2) is 0 Å². The third kappa shape index (κ3) is 3.14. The van der Waals surface area contributed by atoms with Crippen molar-refractivity contribution in [2.75, 3.05) is 10.2 Å². The molecule has 5 nitrogen and oxygen atoms in total. The minimum Gasteiger partial charge on any atom is -0.325 e. The lowest BCUT2D eigenvalue weighted by molar-refractivity contribution is -0.114. The van der Waals surface area contributed by atoms with Crippen molar-refractivity contribution in [1.29, 1.82) is 0 Å². The SMILES string of the molecule is CC(=O)Nc1ccccc1N1C(=O)C(c2ccccc2)=NC12CCCCC2. The smallest absolute Gasteiger partial charge is 0.279 e. The van der Waals surface area contributed by atoms with E-state index in [1.807, 2.05) is 59.5 Å². The topological polar surface area (TPSA) is 61.8 Å². The Bertz CT molecular complexity index is 899. The largest absolute Gasteiger partial charge is 0.325 e. The van der Waals surface area contributed by atoms with Crippen LogP contribution >= 0.6 is 0 Å². The van der Waals surface area contributed by atoms with E-state index < -0.39 is 5.66 Å². The van der Waals surface area contributed by atoms with Gasteiger partial charge in [-0.15, -0.1) is 0 Å². The molecule has 0 bridgehead atoms. The van der Waals surface area contributed by atoms with Crippen LogP contribution in [0.1, 0.15) is 44.6 Å². The molecule has 1 spiro atoms. The average molecular weight is 361 g/mol. The highest BCUT2D eigenvalue weighted by Gasteiger charge is 2.49. The zero-order valence-electron chi connectivity index (χ0n) is 15.4. The van der Waals surface area contributed by atoms with Crippen molar-refractivity contribution in [3.05, 3.63) is 60.2 Å². The Balaban J connectivity index is 1.83. The lowest BCUT2D eigenvalue weighted by Crippen LogP contribution is -2.48. The fraction of sp³-hybridized carbons (Fsp3) is 0.318. The molecule has 1 heterocycles. The van der Waals surface area contributed by atoms with Crippen LogP contribution in [0.25, 0.3) is 0 Å². The number of carbonyl (C=O) groups is 2. The molecule has 4 rings (SSSR count). The van der Waals surface area contributed by atoms with Gasteiger partial charge in [-0.25, -0.2) is 0 Å². The number of aliphatic imine (C=N–C) groups is 1. The minimum absolute atomic E-state index is 0.0964. The van der Waals surface area contributed by atoms with Gasteiger partial charge in [0, 0.05) is 12.5 Å². The molecule has 1 aliphatic carbocycles. The Morgan fingerprint density at radius 2 is 1.67 bits per heavy atom. The molecule has 0 saturated heterocycles. The predicted octanol–water partition coefficient (Wildman–Crippen LogP) is 4.14. The zero-order chi connectivity index (χ0) is 18.9. The molecule has 2 aliphatic rings. The minimum atomic E-state index is -0.560. The van der Waals surface area contributed by atoms with Gasteiger partial charge in [-0.2, -0.15) is 0 Å². The summed E-state index contributed by atoms with van der Waals surface area (Å²) in [6.45, 7) is 1.48. The number of rotatable bonds is 3. The number of nitrogens with zero attached hydrogens (tertiary/aromatic N) is 2. The number of benzene rings is 2. The normalized spacial score (nSPS) is 18.5. The molecule has 2 aromatic carbocycles. The van der Waals surface area contributed by atoms with Crippen LogP contribution in [-0.2, 0) is 9.59 Å². The molecule has 2 amide bonds. The second-order valence-corrected chi connectivity index (χ2v) is 7.21. The number of para-hydroxylation sites is 2. The molecule has 5 heteroatoms. The van der Waals surface area contributed by atoms with Crippen molar-refractivity contribution < 1.29 is 9.59 Å². The van der Waals surface area contributed by atoms with Gasteiger partial charge in [0.25, 0.3) is 5.91 Å². The summed E-state index contributed by atoms with van der Waals surface area (Å²) in [4.78, 5) is 32.0. The molecule has 27 heavy (non-hydrogen) atoms. The van der Waals surface area contributed by atoms with Crippen LogP contribution in [-0.4, -0.2) is 23.2 Å². The third-order valence-electron chi connectivity index (χ3n) is 5.30. The first-order chi connectivity index (χ1) is 13.1. The van der Waals surface area contributed by atoms with Crippen LogP contribution in [0.15, 0.2) is 59.6 Å². The quantitative estimate of drug-likeness (QED) is 0.893. The van der Waals surface area contributed by atoms with Crippen LogP contribution in [0.3, 0.4) is 0 Å². The fourth-order valence-electron chi connectivity index (χ4n) is 4.14. The molecular formula is C22H23N3O2. The van der Waals surface area contributed by atoms with Gasteiger partial charge in [0.2, 0.25) is 5.91 Å². The van der Waals surface area contributed by atoms with Gasteiger partial charge < -0.3 is 5.32 Å². The van der Waals surface area contributed by atoms with E-state index >= 15 is 0 Å². The van der Waals surface area contributed by atoms with Crippen molar-refractivity contribution in [2.45, 2.75) is 44.7 Å². The van der Waals surface area contributed by atoms with Gasteiger partial charge in [-0.3, -0.25) is 19.5 Å². The van der Waals surface area contributed by atoms with Crippen LogP contribution in [0, 0.1) is 0 Å². The lowest BCUT2D eigenvalue weighted by Gasteiger charge is -2.39. The second kappa shape index (κ2) is 6.99. The predicted molar refractivity (Wildman–Crippen MR) is 107 cm³/mol. The lowest BCUT2D eigenvalue weighted by atomic mass is 9.88. The molecule has 0 unspecified atom stereocenters. The summed E-state index contributed by atoms with van der Waals surface area (Å²) >= 11 is 0. The van der Waals surface area contributed by atoms with E-state index in [0.29, 0.717) is 17.1 Å². The Kier molecular flexibility index (Phi) is 4.52. The van der Waals surface area contributed by atoms with Gasteiger partial charge in [-0.1, -0.05) is 48.9 Å². The van der Waals surface area contributed by atoms with Crippen molar-refractivity contribution in [1.82, 2.24) is 0 Å². The number of amides is 2. The molecule has 2 aromatic rings. The van der Waals surface area contributed by atoms with Crippen LogP contribution < -0.4 is 10.2 Å². The summed E-state index contributed by atoms with van der Waals surface area (Å²) in [5, 5.41) is 2.86. The fourth-order valence-corrected chi connectivity index (χ4v) is 4.14. The molecule has 138 valence electrons. The first kappa shape index (κ1) is 17.5. The first-order valence-electron chi connectivity index (χ1n) is 9.47. The highest BCUT2D eigenvalue weighted by Crippen LogP contribution is 2.44. The van der Waals surface area contributed by atoms with Crippen LogP contribution in [0.5, 0.6) is 0 Å². The van der Waals surface area contributed by atoms with Crippen molar-refractivity contribution in [3.8, 4) is 0 Å². The zero-order valence-corrected chi connectivity index (χ0v) is 15.4. The van der Waals surface area contributed by atoms with Gasteiger partial charge in [-0.05, 0) is 37.8 Å². The number of carbonyl (C=O) groups excluding carboxylic acids is 2. The number of hydrogen-bond acceptors (Lipinski definition) is 3. The Morgan fingerprint density at radius 3 is 2.37 bits per heavy atom. The van der Waals surface area contributed by atoms with Crippen molar-refractivity contribution in [3.63, 3.8) is 0 Å². The Hall–Kier alpha value is -2.95. The van der Waals surface area contributed by atoms with E-state index in [-0.39, 0.29) is 11.8 Å². The molecule has 0 radical (unpaired) electrons. The second-order valence-electron chi connectivity index (χ2n) is 7.21. The summed E-state index contributed by atoms with van der Waals surface area (Å²) in [7, 11) is 0. The molecule has 0 aromatic heterocycles. The first-order valence-corrected chi connectivity index (χ1v) is 9.47. The molecule has 1 aliphatic heterocycles. The summed E-state index contributed by atoms with van der Waals surface area (Å²) < 4.78 is 0. The van der Waals surface area contributed by atoms with E-state index in [1.54, 1.807) is 0 Å². The van der Waals surface area contributed by atoms with Gasteiger partial charge in [0.05, 0.1) is 11.4 Å². The summed E-state index contributed by atoms with van der Waals surface area (Å²) in [6, 6.07) is 17.1. The average Bonchev–Trinajstić information content (AvgIpc) is 2.95. The van der Waals surface area contributed by atoms with Gasteiger partial charge in [0.1, 0.15) is 11.4 Å². The van der Waals surface area contributed by atoms with E-state index in [9.17, 15) is 9.59 Å². The Labute approximate surface area is 159 Å². The maximum Gasteiger partial charge on any atom is 0.279 e. The van der Waals surface area contributed by atoms with E-state index in [0.717, 1.165) is 37.7 Å². The van der Waals surface area contributed by atoms with E-state index in [1.165, 1.54) is 6.92 Å². The molecular weight excluding hydrogens is 338 g/mol. The number of hydrogen-bond donors (Lipinski definition) is 1. The van der Waals surface area contributed by atoms with Crippen molar-refractivity contribution >= 4 is 28.9 Å². The summed E-state index contributed by atoms with van der Waals surface area (Å²) in [5.41, 5.74) is 2.15. The maximum absolute atomic E-state index is 13.5. The number of nitrogens with one attached hydrogen (secondary N) is 1. The molecule has 1 saturated carbocycles. The van der Waals surface area contributed by atoms with Crippen LogP contribution in [0.4, 0.5) is 11.4 Å². The standard InChI is InChI=1S/C22H23N3O2/c1-16(26)23-18-12-6-7-13-19(18)25-21(27)20(17-10-4-2-5-11-17)24-22(25)14-8-3-9-15-22/h2,4-7,10-13H,3,8-9,14-15H2,1H3,(H,23,26). The monoisotopic (exact) mass is 361 g/mol. The third-order valence-corrected chi connectivity index (χ3v) is 5.30. The van der Waals surface area contributed by atoms with Crippen LogP contribution in [0.2, 0.25) is 0 Å². The number of anilines is 2. The van der Waals surface area contributed by atoms with E-state index in [4.69, 9.17) is 4.99 Å². The molecule has 0 atom stereocenters. The highest BCUT2D eigenvalue weighted by molar-refractivity contribution is 6.51. The molecule has 1 N–H and O–H groups in total.